The van der Waals surface area contributed by atoms with Gasteiger partial charge in [0.2, 0.25) is 5.01 Å². The lowest BCUT2D eigenvalue weighted by molar-refractivity contribution is 0.0951. The van der Waals surface area contributed by atoms with Crippen molar-refractivity contribution < 1.29 is 14.3 Å². The Hall–Kier alpha value is -3.26. The molecule has 0 aliphatic carbocycles. The largest absolute Gasteiger partial charge is 0.486 e. The molecule has 0 unspecified atom stereocenters. The van der Waals surface area contributed by atoms with Crippen molar-refractivity contribution in [2.24, 2.45) is 5.92 Å². The summed E-state index contributed by atoms with van der Waals surface area (Å²) in [5, 5.41) is 14.6. The number of anilines is 1. The van der Waals surface area contributed by atoms with Crippen LogP contribution in [0.4, 0.5) is 5.69 Å². The Bertz CT molecular complexity index is 1030. The summed E-state index contributed by atoms with van der Waals surface area (Å²) in [5.74, 6) is 0.761. The minimum Gasteiger partial charge on any atom is -0.486 e. The summed E-state index contributed by atoms with van der Waals surface area (Å²) in [6.45, 7) is 7.02. The third kappa shape index (κ3) is 6.62. The summed E-state index contributed by atoms with van der Waals surface area (Å²) in [6.07, 6.45) is 0.944. The number of aryl methyl sites for hydroxylation is 1. The number of amides is 2. The van der Waals surface area contributed by atoms with Crippen molar-refractivity contribution in [1.29, 1.82) is 0 Å². The van der Waals surface area contributed by atoms with Crippen LogP contribution in [0.3, 0.4) is 0 Å². The average molecular weight is 439 g/mol. The van der Waals surface area contributed by atoms with Crippen molar-refractivity contribution in [3.05, 3.63) is 69.7 Å². The van der Waals surface area contributed by atoms with Crippen molar-refractivity contribution in [2.45, 2.75) is 33.8 Å². The molecule has 1 heterocycles. The van der Waals surface area contributed by atoms with Crippen LogP contribution >= 0.6 is 11.3 Å². The van der Waals surface area contributed by atoms with Crippen molar-refractivity contribution in [2.75, 3.05) is 11.9 Å². The number of carbonyl (C=O) groups is 2. The number of nitrogens with zero attached hydrogens (tertiary/aromatic N) is 2. The second-order valence-electron chi connectivity index (χ2n) is 7.52. The molecular weight excluding hydrogens is 412 g/mol. The highest BCUT2D eigenvalue weighted by Gasteiger charge is 2.14. The lowest BCUT2D eigenvalue weighted by atomic mass is 10.1. The van der Waals surface area contributed by atoms with E-state index in [1.54, 1.807) is 24.3 Å². The molecule has 3 aromatic rings. The van der Waals surface area contributed by atoms with Gasteiger partial charge in [0.1, 0.15) is 12.4 Å². The van der Waals surface area contributed by atoms with Crippen molar-refractivity contribution in [1.82, 2.24) is 15.5 Å². The van der Waals surface area contributed by atoms with Crippen molar-refractivity contribution in [3.8, 4) is 5.75 Å². The molecule has 0 saturated heterocycles. The maximum absolute atomic E-state index is 12.4. The molecule has 31 heavy (non-hydrogen) atoms. The number of hydrogen-bond donors (Lipinski definition) is 2. The van der Waals surface area contributed by atoms with Gasteiger partial charge < -0.3 is 15.4 Å². The minimum atomic E-state index is -0.300. The Balaban J connectivity index is 1.50. The topological polar surface area (TPSA) is 93.2 Å². The van der Waals surface area contributed by atoms with Crippen LogP contribution in [0.1, 0.15) is 51.0 Å². The van der Waals surface area contributed by atoms with E-state index in [9.17, 15) is 9.59 Å². The molecule has 1 aromatic heterocycles. The van der Waals surface area contributed by atoms with E-state index in [2.05, 4.69) is 34.7 Å². The molecule has 3 rings (SSSR count). The second-order valence-corrected chi connectivity index (χ2v) is 8.58. The fourth-order valence-corrected chi connectivity index (χ4v) is 3.36. The van der Waals surface area contributed by atoms with Gasteiger partial charge in [-0.15, -0.1) is 10.2 Å². The van der Waals surface area contributed by atoms with Crippen molar-refractivity contribution >= 4 is 28.8 Å². The molecule has 2 N–H and O–H groups in total. The van der Waals surface area contributed by atoms with E-state index < -0.39 is 0 Å². The predicted octanol–water partition coefficient (Wildman–Crippen LogP) is 4.45. The lowest BCUT2D eigenvalue weighted by Crippen LogP contribution is -2.25. The number of aromatic nitrogens is 2. The van der Waals surface area contributed by atoms with Gasteiger partial charge in [0.05, 0.1) is 0 Å². The first kappa shape index (κ1) is 22.4. The minimum absolute atomic E-state index is 0.0966. The van der Waals surface area contributed by atoms with Gasteiger partial charge in [-0.25, -0.2) is 0 Å². The van der Waals surface area contributed by atoms with Crippen LogP contribution in [-0.2, 0) is 6.61 Å². The summed E-state index contributed by atoms with van der Waals surface area (Å²) >= 11 is 1.18. The Morgan fingerprint density at radius 1 is 1.03 bits per heavy atom. The smallest absolute Gasteiger partial charge is 0.286 e. The first-order valence-electron chi connectivity index (χ1n) is 10.1. The molecule has 0 atom stereocenters. The monoisotopic (exact) mass is 438 g/mol. The summed E-state index contributed by atoms with van der Waals surface area (Å²) in [7, 11) is 0. The highest BCUT2D eigenvalue weighted by molar-refractivity contribution is 7.13. The average Bonchev–Trinajstić information content (AvgIpc) is 3.23. The molecule has 2 amide bonds. The van der Waals surface area contributed by atoms with Gasteiger partial charge in [-0.1, -0.05) is 43.4 Å². The van der Waals surface area contributed by atoms with Crippen LogP contribution in [0.25, 0.3) is 0 Å². The van der Waals surface area contributed by atoms with Crippen LogP contribution in [0.5, 0.6) is 5.75 Å². The van der Waals surface area contributed by atoms with E-state index in [0.717, 1.165) is 17.7 Å². The summed E-state index contributed by atoms with van der Waals surface area (Å²) in [6, 6.07) is 14.5. The predicted molar refractivity (Wildman–Crippen MR) is 122 cm³/mol. The first-order chi connectivity index (χ1) is 14.9. The SMILES string of the molecule is Cc1ccccc1NC(=O)c1nnc(COc2ccc(C(=O)NCCC(C)C)cc2)s1. The Labute approximate surface area is 185 Å². The summed E-state index contributed by atoms with van der Waals surface area (Å²) in [5.41, 5.74) is 2.30. The molecule has 0 saturated carbocycles. The van der Waals surface area contributed by atoms with E-state index in [-0.39, 0.29) is 23.4 Å². The van der Waals surface area contributed by atoms with Crippen molar-refractivity contribution in [3.63, 3.8) is 0 Å². The van der Waals surface area contributed by atoms with Gasteiger partial charge in [-0.05, 0) is 55.2 Å². The highest BCUT2D eigenvalue weighted by Crippen LogP contribution is 2.19. The van der Waals surface area contributed by atoms with Crippen LogP contribution < -0.4 is 15.4 Å². The molecule has 0 fully saturated rings. The highest BCUT2D eigenvalue weighted by atomic mass is 32.1. The summed E-state index contributed by atoms with van der Waals surface area (Å²) in [4.78, 5) is 24.5. The zero-order valence-corrected chi connectivity index (χ0v) is 18.7. The zero-order valence-electron chi connectivity index (χ0n) is 17.8. The number of rotatable bonds is 9. The van der Waals surface area contributed by atoms with Crippen LogP contribution in [0.15, 0.2) is 48.5 Å². The maximum Gasteiger partial charge on any atom is 0.286 e. The maximum atomic E-state index is 12.4. The quantitative estimate of drug-likeness (QED) is 0.515. The van der Waals surface area contributed by atoms with Gasteiger partial charge in [0.25, 0.3) is 11.8 Å². The van der Waals surface area contributed by atoms with Crippen LogP contribution in [-0.4, -0.2) is 28.6 Å². The molecule has 8 heteroatoms. The normalized spacial score (nSPS) is 10.7. The Kier molecular flexibility index (Phi) is 7.72. The standard InChI is InChI=1S/C23H26N4O3S/c1-15(2)12-13-24-21(28)17-8-10-18(11-9-17)30-14-20-26-27-23(31-20)22(29)25-19-7-5-4-6-16(19)3/h4-11,15H,12-14H2,1-3H3,(H,24,28)(H,25,29). The fourth-order valence-electron chi connectivity index (χ4n) is 2.72. The van der Waals surface area contributed by atoms with E-state index in [0.29, 0.717) is 28.8 Å². The van der Waals surface area contributed by atoms with E-state index in [4.69, 9.17) is 4.74 Å². The third-order valence-electron chi connectivity index (χ3n) is 4.54. The van der Waals surface area contributed by atoms with Gasteiger partial charge in [0, 0.05) is 17.8 Å². The number of nitrogens with one attached hydrogen (secondary N) is 2. The Morgan fingerprint density at radius 3 is 2.48 bits per heavy atom. The van der Waals surface area contributed by atoms with E-state index >= 15 is 0 Å². The fraction of sp³-hybridized carbons (Fsp3) is 0.304. The molecular formula is C23H26N4O3S. The number of ether oxygens (including phenoxy) is 1. The van der Waals surface area contributed by atoms with Gasteiger partial charge in [-0.3, -0.25) is 9.59 Å². The van der Waals surface area contributed by atoms with Gasteiger partial charge in [-0.2, -0.15) is 0 Å². The summed E-state index contributed by atoms with van der Waals surface area (Å²) < 4.78 is 5.71. The Morgan fingerprint density at radius 2 is 1.77 bits per heavy atom. The van der Waals surface area contributed by atoms with Gasteiger partial charge in [0.15, 0.2) is 5.01 Å². The van der Waals surface area contributed by atoms with Crippen LogP contribution in [0, 0.1) is 12.8 Å². The molecule has 2 aromatic carbocycles. The molecule has 0 spiro atoms. The number of benzene rings is 2. The number of para-hydroxylation sites is 1. The number of carbonyl (C=O) groups excluding carboxylic acids is 2. The molecule has 162 valence electrons. The second kappa shape index (κ2) is 10.7. The zero-order chi connectivity index (χ0) is 22.2. The number of hydrogen-bond acceptors (Lipinski definition) is 6. The third-order valence-corrected chi connectivity index (χ3v) is 5.44. The molecule has 7 nitrogen and oxygen atoms in total. The van der Waals surface area contributed by atoms with E-state index in [1.807, 2.05) is 31.2 Å². The molecule has 0 aliphatic rings. The van der Waals surface area contributed by atoms with E-state index in [1.165, 1.54) is 11.3 Å². The van der Waals surface area contributed by atoms with Gasteiger partial charge >= 0.3 is 0 Å². The molecule has 0 radical (unpaired) electrons. The first-order valence-corrected chi connectivity index (χ1v) is 10.9. The molecule has 0 aliphatic heterocycles. The van der Waals surface area contributed by atoms with Crippen LogP contribution in [0.2, 0.25) is 0 Å². The lowest BCUT2D eigenvalue weighted by Gasteiger charge is -2.08. The molecule has 0 bridgehead atoms.